The highest BCUT2D eigenvalue weighted by Crippen LogP contribution is 2.27. The molecule has 0 fully saturated rings. The Balaban J connectivity index is 2.83. The van der Waals surface area contributed by atoms with Crippen molar-refractivity contribution in [2.24, 2.45) is 0 Å². The minimum absolute atomic E-state index is 0.115. The quantitative estimate of drug-likeness (QED) is 0.811. The van der Waals surface area contributed by atoms with Crippen LogP contribution in [0.15, 0.2) is 16.7 Å². The van der Waals surface area contributed by atoms with Gasteiger partial charge in [0.15, 0.2) is 5.82 Å². The molecule has 2 rings (SSSR count). The molecule has 1 aromatic heterocycles. The van der Waals surface area contributed by atoms with Gasteiger partial charge in [0.05, 0.1) is 23.3 Å². The van der Waals surface area contributed by atoms with Crippen LogP contribution in [0.1, 0.15) is 10.4 Å². The first-order valence-electron chi connectivity index (χ1n) is 4.04. The second-order valence-corrected chi connectivity index (χ2v) is 3.72. The number of nitrogens with one attached hydrogen (secondary N) is 1. The third-order valence-electron chi connectivity index (χ3n) is 2.03. The van der Waals surface area contributed by atoms with E-state index in [9.17, 15) is 9.18 Å². The molecule has 0 saturated heterocycles. The topological polar surface area (TPSA) is 55.0 Å². The summed E-state index contributed by atoms with van der Waals surface area (Å²) in [5.74, 6) is -1.36. The lowest BCUT2D eigenvalue weighted by molar-refractivity contribution is 0.0598. The van der Waals surface area contributed by atoms with Crippen molar-refractivity contribution >= 4 is 32.8 Å². The zero-order chi connectivity index (χ0) is 11.0. The molecule has 0 saturated carbocycles. The number of ether oxygens (including phenoxy) is 1. The molecule has 0 aliphatic rings. The molecule has 1 aromatic carbocycles. The van der Waals surface area contributed by atoms with Crippen LogP contribution in [0, 0.1) is 5.82 Å². The van der Waals surface area contributed by atoms with Gasteiger partial charge in [-0.05, 0) is 22.0 Å². The minimum atomic E-state index is -0.722. The Morgan fingerprint density at radius 3 is 3.07 bits per heavy atom. The molecule has 0 spiro atoms. The maximum Gasteiger partial charge on any atom is 0.341 e. The number of carbonyl (C=O) groups is 1. The molecule has 0 radical (unpaired) electrons. The highest BCUT2D eigenvalue weighted by Gasteiger charge is 2.20. The van der Waals surface area contributed by atoms with E-state index in [0.29, 0.717) is 10.9 Å². The number of nitrogens with zero attached hydrogens (tertiary/aromatic N) is 1. The highest BCUT2D eigenvalue weighted by molar-refractivity contribution is 9.10. The molecular formula is C9H6BrFN2O2. The first-order chi connectivity index (χ1) is 7.15. The number of benzene rings is 1. The summed E-state index contributed by atoms with van der Waals surface area (Å²) in [7, 11) is 1.20. The van der Waals surface area contributed by atoms with Crippen molar-refractivity contribution in [1.29, 1.82) is 0 Å². The van der Waals surface area contributed by atoms with Crippen LogP contribution >= 0.6 is 15.9 Å². The van der Waals surface area contributed by atoms with Gasteiger partial charge in [-0.25, -0.2) is 9.18 Å². The smallest absolute Gasteiger partial charge is 0.341 e. The summed E-state index contributed by atoms with van der Waals surface area (Å²) in [5, 5.41) is 6.80. The van der Waals surface area contributed by atoms with Gasteiger partial charge in [-0.1, -0.05) is 0 Å². The van der Waals surface area contributed by atoms with E-state index in [1.165, 1.54) is 19.4 Å². The van der Waals surface area contributed by atoms with Gasteiger partial charge >= 0.3 is 5.97 Å². The van der Waals surface area contributed by atoms with Crippen LogP contribution in [0.2, 0.25) is 0 Å². The maximum absolute atomic E-state index is 13.7. The molecule has 6 heteroatoms. The normalized spacial score (nSPS) is 10.6. The number of fused-ring (bicyclic) bond motifs is 1. The first-order valence-corrected chi connectivity index (χ1v) is 4.84. The van der Waals surface area contributed by atoms with Crippen LogP contribution in [0.25, 0.3) is 10.9 Å². The number of hydrogen-bond donors (Lipinski definition) is 1. The van der Waals surface area contributed by atoms with Crippen molar-refractivity contribution in [2.45, 2.75) is 0 Å². The number of rotatable bonds is 1. The molecule has 4 nitrogen and oxygen atoms in total. The van der Waals surface area contributed by atoms with Gasteiger partial charge in [-0.15, -0.1) is 0 Å². The lowest BCUT2D eigenvalue weighted by atomic mass is 10.1. The van der Waals surface area contributed by atoms with Crippen LogP contribution in [-0.4, -0.2) is 23.3 Å². The zero-order valence-electron chi connectivity index (χ0n) is 7.67. The first kappa shape index (κ1) is 10.1. The lowest BCUT2D eigenvalue weighted by Gasteiger charge is -2.04. The van der Waals surface area contributed by atoms with Gasteiger partial charge in [-0.3, -0.25) is 5.10 Å². The van der Waals surface area contributed by atoms with Gasteiger partial charge in [0.1, 0.15) is 5.56 Å². The summed E-state index contributed by atoms with van der Waals surface area (Å²) in [5.41, 5.74) is 0.458. The number of esters is 1. The molecule has 2 aromatic rings. The van der Waals surface area contributed by atoms with E-state index >= 15 is 0 Å². The van der Waals surface area contributed by atoms with Crippen molar-refractivity contribution in [2.75, 3.05) is 7.11 Å². The molecule has 0 unspecified atom stereocenters. The third kappa shape index (κ3) is 1.50. The largest absolute Gasteiger partial charge is 0.465 e. The van der Waals surface area contributed by atoms with E-state index in [4.69, 9.17) is 0 Å². The Morgan fingerprint density at radius 2 is 2.40 bits per heavy atom. The number of carbonyl (C=O) groups excluding carboxylic acids is 1. The van der Waals surface area contributed by atoms with Crippen LogP contribution in [0.3, 0.4) is 0 Å². The number of methoxy groups -OCH3 is 1. The summed E-state index contributed by atoms with van der Waals surface area (Å²) in [4.78, 5) is 11.4. The molecule has 78 valence electrons. The van der Waals surface area contributed by atoms with Crippen LogP contribution in [-0.2, 0) is 4.74 Å². The van der Waals surface area contributed by atoms with Crippen LogP contribution in [0.4, 0.5) is 4.39 Å². The van der Waals surface area contributed by atoms with E-state index < -0.39 is 11.8 Å². The van der Waals surface area contributed by atoms with E-state index in [1.54, 1.807) is 0 Å². The van der Waals surface area contributed by atoms with Crippen molar-refractivity contribution in [3.63, 3.8) is 0 Å². The second-order valence-electron chi connectivity index (χ2n) is 2.87. The van der Waals surface area contributed by atoms with Crippen molar-refractivity contribution in [1.82, 2.24) is 10.2 Å². The fourth-order valence-corrected chi connectivity index (χ4v) is 1.76. The Hall–Kier alpha value is -1.43. The molecular weight excluding hydrogens is 267 g/mol. The fraction of sp³-hybridized carbons (Fsp3) is 0.111. The van der Waals surface area contributed by atoms with E-state index in [0.717, 1.165) is 0 Å². The van der Waals surface area contributed by atoms with Gasteiger partial charge in [-0.2, -0.15) is 5.10 Å². The number of aromatic nitrogens is 2. The summed E-state index contributed by atoms with van der Waals surface area (Å²) >= 11 is 3.02. The molecule has 1 heterocycles. The van der Waals surface area contributed by atoms with Crippen molar-refractivity contribution < 1.29 is 13.9 Å². The van der Waals surface area contributed by atoms with Gasteiger partial charge in [0.25, 0.3) is 0 Å². The lowest BCUT2D eigenvalue weighted by Crippen LogP contribution is -2.05. The number of aromatic amines is 1. The molecule has 1 N–H and O–H groups in total. The third-order valence-corrected chi connectivity index (χ3v) is 2.60. The fourth-order valence-electron chi connectivity index (χ4n) is 1.33. The monoisotopic (exact) mass is 272 g/mol. The van der Waals surface area contributed by atoms with Crippen molar-refractivity contribution in [3.05, 3.63) is 28.1 Å². The van der Waals surface area contributed by atoms with E-state index in [2.05, 4.69) is 30.9 Å². The van der Waals surface area contributed by atoms with E-state index in [-0.39, 0.29) is 10.0 Å². The summed E-state index contributed by atoms with van der Waals surface area (Å²) in [6, 6.07) is 1.52. The predicted molar refractivity (Wildman–Crippen MR) is 55.1 cm³/mol. The van der Waals surface area contributed by atoms with Gasteiger partial charge < -0.3 is 4.74 Å². The molecule has 0 bridgehead atoms. The number of hydrogen-bond acceptors (Lipinski definition) is 3. The molecule has 0 aliphatic carbocycles. The summed E-state index contributed by atoms with van der Waals surface area (Å²) in [6.07, 6.45) is 1.39. The number of H-pyrrole nitrogens is 1. The Labute approximate surface area is 92.5 Å². The second kappa shape index (κ2) is 3.62. The summed E-state index contributed by atoms with van der Waals surface area (Å²) < 4.78 is 18.4. The molecule has 15 heavy (non-hydrogen) atoms. The van der Waals surface area contributed by atoms with Crippen LogP contribution < -0.4 is 0 Å². The van der Waals surface area contributed by atoms with Crippen molar-refractivity contribution in [3.8, 4) is 0 Å². The Morgan fingerprint density at radius 1 is 1.67 bits per heavy atom. The average molecular weight is 273 g/mol. The molecule has 0 aliphatic heterocycles. The summed E-state index contributed by atoms with van der Waals surface area (Å²) in [6.45, 7) is 0. The van der Waals surface area contributed by atoms with E-state index in [1.807, 2.05) is 0 Å². The van der Waals surface area contributed by atoms with Gasteiger partial charge in [0, 0.05) is 5.39 Å². The Bertz CT molecular complexity index is 538. The highest BCUT2D eigenvalue weighted by atomic mass is 79.9. The van der Waals surface area contributed by atoms with Crippen LogP contribution in [0.5, 0.6) is 0 Å². The average Bonchev–Trinajstić information content (AvgIpc) is 2.66. The maximum atomic E-state index is 13.7. The zero-order valence-corrected chi connectivity index (χ0v) is 9.26. The predicted octanol–water partition coefficient (Wildman–Crippen LogP) is 2.25. The number of halogens is 2. The Kier molecular flexibility index (Phi) is 2.44. The standard InChI is InChI=1S/C9H6BrFN2O2/c1-15-9(14)7-4-3-12-13-6(4)2-5(10)8(7)11/h2-3H,1H3,(H,12,13). The molecule has 0 amide bonds. The molecule has 0 atom stereocenters. The SMILES string of the molecule is COC(=O)c1c(F)c(Br)cc2[nH]ncc12. The van der Waals surface area contributed by atoms with Gasteiger partial charge in [0.2, 0.25) is 0 Å². The minimum Gasteiger partial charge on any atom is -0.465 e.